The smallest absolute Gasteiger partial charge is 0.244 e. The number of aryl methyl sites for hydroxylation is 1. The molecule has 1 N–H and O–H groups in total. The van der Waals surface area contributed by atoms with Crippen LogP contribution in [0.5, 0.6) is 0 Å². The number of nitrogens with one attached hydrogen (secondary N) is 1. The van der Waals surface area contributed by atoms with E-state index in [0.29, 0.717) is 10.7 Å². The molecule has 27 heavy (non-hydrogen) atoms. The first-order valence-electron chi connectivity index (χ1n) is 8.75. The molecule has 6 heteroatoms. The number of hydrogen-bond donors (Lipinski definition) is 1. The van der Waals surface area contributed by atoms with Crippen LogP contribution in [0.1, 0.15) is 18.1 Å². The Morgan fingerprint density at radius 3 is 2.70 bits per heavy atom. The van der Waals surface area contributed by atoms with Gasteiger partial charge in [-0.25, -0.2) is 0 Å². The summed E-state index contributed by atoms with van der Waals surface area (Å²) in [7, 11) is 1.60. The molecule has 0 spiro atoms. The minimum Gasteiger partial charge on any atom is -0.464 e. The van der Waals surface area contributed by atoms with Crippen molar-refractivity contribution in [1.29, 1.82) is 0 Å². The molecular formula is C21H21ClN2O3. The van der Waals surface area contributed by atoms with Gasteiger partial charge in [-0.1, -0.05) is 42.8 Å². The number of likely N-dealkylation sites (N-methyl/N-ethyl adjacent to an activating group) is 1. The van der Waals surface area contributed by atoms with Crippen molar-refractivity contribution in [2.75, 3.05) is 18.9 Å². The fourth-order valence-corrected chi connectivity index (χ4v) is 3.02. The van der Waals surface area contributed by atoms with E-state index in [4.69, 9.17) is 16.0 Å². The van der Waals surface area contributed by atoms with E-state index in [1.54, 1.807) is 37.6 Å². The lowest BCUT2D eigenvalue weighted by Crippen LogP contribution is -2.35. The molecule has 0 unspecified atom stereocenters. The second-order valence-electron chi connectivity index (χ2n) is 6.40. The van der Waals surface area contributed by atoms with Gasteiger partial charge in [0.1, 0.15) is 5.58 Å². The molecule has 2 aromatic carbocycles. The average Bonchev–Trinajstić information content (AvgIpc) is 3.05. The summed E-state index contributed by atoms with van der Waals surface area (Å²) in [5, 5.41) is 4.09. The molecule has 3 aromatic rings. The summed E-state index contributed by atoms with van der Waals surface area (Å²) >= 11 is 6.03. The molecule has 5 nitrogen and oxygen atoms in total. The first-order chi connectivity index (χ1) is 13.0. The van der Waals surface area contributed by atoms with Gasteiger partial charge in [0, 0.05) is 18.0 Å². The van der Waals surface area contributed by atoms with E-state index in [2.05, 4.69) is 12.2 Å². The predicted molar refractivity (Wildman–Crippen MR) is 107 cm³/mol. The molecule has 0 bridgehead atoms. The van der Waals surface area contributed by atoms with Gasteiger partial charge in [0.15, 0.2) is 0 Å². The van der Waals surface area contributed by atoms with Crippen LogP contribution in [0.4, 0.5) is 5.69 Å². The van der Waals surface area contributed by atoms with E-state index >= 15 is 0 Å². The zero-order chi connectivity index (χ0) is 19.4. The molecule has 0 aliphatic rings. The van der Waals surface area contributed by atoms with Gasteiger partial charge < -0.3 is 14.6 Å². The topological polar surface area (TPSA) is 62.6 Å². The summed E-state index contributed by atoms with van der Waals surface area (Å²) in [6.07, 6.45) is 2.71. The highest BCUT2D eigenvalue weighted by molar-refractivity contribution is 6.33. The number of para-hydroxylation sites is 1. The second-order valence-corrected chi connectivity index (χ2v) is 6.81. The van der Waals surface area contributed by atoms with Gasteiger partial charge >= 0.3 is 0 Å². The number of hydrogen-bond acceptors (Lipinski definition) is 3. The van der Waals surface area contributed by atoms with Crippen molar-refractivity contribution in [3.63, 3.8) is 0 Å². The average molecular weight is 385 g/mol. The maximum atomic E-state index is 12.5. The number of furan rings is 1. The van der Waals surface area contributed by atoms with Crippen LogP contribution in [0.25, 0.3) is 11.0 Å². The number of nitrogens with zero attached hydrogens (tertiary/aromatic N) is 1. The van der Waals surface area contributed by atoms with Crippen molar-refractivity contribution < 1.29 is 14.0 Å². The van der Waals surface area contributed by atoms with Crippen molar-refractivity contribution >= 4 is 40.1 Å². The maximum absolute atomic E-state index is 12.5. The van der Waals surface area contributed by atoms with Crippen LogP contribution in [0.3, 0.4) is 0 Å². The second kappa shape index (κ2) is 8.27. The number of carbonyl (C=O) groups is 2. The zero-order valence-corrected chi connectivity index (χ0v) is 16.0. The first kappa shape index (κ1) is 19.0. The Hall–Kier alpha value is -2.79. The number of amides is 2. The van der Waals surface area contributed by atoms with Gasteiger partial charge in [-0.3, -0.25) is 9.59 Å². The molecule has 1 heterocycles. The Balaban J connectivity index is 1.62. The summed E-state index contributed by atoms with van der Waals surface area (Å²) < 4.78 is 5.58. The van der Waals surface area contributed by atoms with E-state index in [-0.39, 0.29) is 24.8 Å². The summed E-state index contributed by atoms with van der Waals surface area (Å²) in [5.41, 5.74) is 3.30. The zero-order valence-electron chi connectivity index (χ0n) is 15.3. The lowest BCUT2D eigenvalue weighted by molar-refractivity contribution is -0.132. The molecule has 0 radical (unpaired) electrons. The molecule has 0 aliphatic carbocycles. The molecule has 2 amide bonds. The van der Waals surface area contributed by atoms with E-state index < -0.39 is 0 Å². The van der Waals surface area contributed by atoms with Crippen LogP contribution in [0.15, 0.2) is 53.1 Å². The number of rotatable bonds is 6. The number of carbonyl (C=O) groups excluding carboxylic acids is 2. The molecular weight excluding hydrogens is 364 g/mol. The normalized spacial score (nSPS) is 10.8. The third-order valence-electron chi connectivity index (χ3n) is 4.42. The predicted octanol–water partition coefficient (Wildman–Crippen LogP) is 4.29. The van der Waals surface area contributed by atoms with Gasteiger partial charge in [0.05, 0.1) is 29.9 Å². The Labute approximate surface area is 162 Å². The summed E-state index contributed by atoms with van der Waals surface area (Å²) in [5.74, 6) is -0.463. The Kier molecular flexibility index (Phi) is 5.81. The SMILES string of the molecule is CCc1ccc2c(CC(=O)N(C)CC(=O)Nc3ccccc3Cl)coc2c1. The van der Waals surface area contributed by atoms with E-state index in [1.807, 2.05) is 18.2 Å². The summed E-state index contributed by atoms with van der Waals surface area (Å²) in [6, 6.07) is 13.0. The van der Waals surface area contributed by atoms with Gasteiger partial charge in [-0.05, 0) is 30.2 Å². The van der Waals surface area contributed by atoms with E-state index in [0.717, 1.165) is 23.0 Å². The highest BCUT2D eigenvalue weighted by atomic mass is 35.5. The first-order valence-corrected chi connectivity index (χ1v) is 9.13. The van der Waals surface area contributed by atoms with Crippen LogP contribution < -0.4 is 5.32 Å². The van der Waals surface area contributed by atoms with E-state index in [9.17, 15) is 9.59 Å². The van der Waals surface area contributed by atoms with Gasteiger partial charge in [-0.15, -0.1) is 0 Å². The Morgan fingerprint density at radius 1 is 1.19 bits per heavy atom. The molecule has 0 fully saturated rings. The van der Waals surface area contributed by atoms with E-state index in [1.165, 1.54) is 10.5 Å². The standard InChI is InChI=1S/C21H21ClN2O3/c1-3-14-8-9-16-15(13-27-19(16)10-14)11-21(26)24(2)12-20(25)23-18-7-5-4-6-17(18)22/h4-10,13H,3,11-12H2,1-2H3,(H,23,25). The van der Waals surface area contributed by atoms with Crippen molar-refractivity contribution in [2.45, 2.75) is 19.8 Å². The van der Waals surface area contributed by atoms with Crippen LogP contribution in [0, 0.1) is 0 Å². The largest absolute Gasteiger partial charge is 0.464 e. The molecule has 3 rings (SSSR count). The van der Waals surface area contributed by atoms with Gasteiger partial charge in [0.2, 0.25) is 11.8 Å². The quantitative estimate of drug-likeness (QED) is 0.689. The fraction of sp³-hybridized carbons (Fsp3) is 0.238. The minimum atomic E-state index is -0.302. The number of anilines is 1. The summed E-state index contributed by atoms with van der Waals surface area (Å²) in [6.45, 7) is 2.02. The lowest BCUT2D eigenvalue weighted by atomic mass is 10.1. The minimum absolute atomic E-state index is 0.0557. The highest BCUT2D eigenvalue weighted by Crippen LogP contribution is 2.24. The highest BCUT2D eigenvalue weighted by Gasteiger charge is 2.17. The number of benzene rings is 2. The monoisotopic (exact) mass is 384 g/mol. The number of halogens is 1. The molecule has 0 aliphatic heterocycles. The van der Waals surface area contributed by atoms with Crippen molar-refractivity contribution in [1.82, 2.24) is 4.90 Å². The number of fused-ring (bicyclic) bond motifs is 1. The van der Waals surface area contributed by atoms with Crippen LogP contribution in [-0.2, 0) is 22.4 Å². The van der Waals surface area contributed by atoms with Crippen molar-refractivity contribution in [2.24, 2.45) is 0 Å². The van der Waals surface area contributed by atoms with Gasteiger partial charge in [0.25, 0.3) is 0 Å². The maximum Gasteiger partial charge on any atom is 0.244 e. The molecule has 140 valence electrons. The van der Waals surface area contributed by atoms with Crippen LogP contribution >= 0.6 is 11.6 Å². The Bertz CT molecular complexity index is 980. The fourth-order valence-electron chi connectivity index (χ4n) is 2.84. The third kappa shape index (κ3) is 4.49. The van der Waals surface area contributed by atoms with Crippen molar-refractivity contribution in [3.8, 4) is 0 Å². The molecule has 0 atom stereocenters. The Morgan fingerprint density at radius 2 is 1.96 bits per heavy atom. The molecule has 0 saturated carbocycles. The van der Waals surface area contributed by atoms with Crippen molar-refractivity contribution in [3.05, 3.63) is 64.9 Å². The molecule has 0 saturated heterocycles. The van der Waals surface area contributed by atoms with Crippen LogP contribution in [0.2, 0.25) is 5.02 Å². The van der Waals surface area contributed by atoms with Crippen LogP contribution in [-0.4, -0.2) is 30.3 Å². The lowest BCUT2D eigenvalue weighted by Gasteiger charge is -2.17. The third-order valence-corrected chi connectivity index (χ3v) is 4.75. The summed E-state index contributed by atoms with van der Waals surface area (Å²) in [4.78, 5) is 26.1. The van der Waals surface area contributed by atoms with Gasteiger partial charge in [-0.2, -0.15) is 0 Å². The molecule has 1 aromatic heterocycles.